The summed E-state index contributed by atoms with van der Waals surface area (Å²) in [7, 11) is 0. The fraction of sp³-hybridized carbons (Fsp3) is 0.231. The topological polar surface area (TPSA) is 49.4 Å². The van der Waals surface area contributed by atoms with Gasteiger partial charge in [-0.1, -0.05) is 72.3 Å². The minimum atomic E-state index is -0.236. The summed E-state index contributed by atoms with van der Waals surface area (Å²) in [4.78, 5) is 27.9. The molecule has 158 valence electrons. The summed E-state index contributed by atoms with van der Waals surface area (Å²) in [6, 6.07) is 26.6. The van der Waals surface area contributed by atoms with Crippen LogP contribution in [0.15, 0.2) is 84.9 Å². The molecule has 1 N–H and O–H groups in total. The first-order chi connectivity index (χ1) is 15.1. The van der Waals surface area contributed by atoms with Crippen LogP contribution in [0.4, 0.5) is 0 Å². The summed E-state index contributed by atoms with van der Waals surface area (Å²) in [5.41, 5.74) is 2.66. The predicted molar refractivity (Wildman–Crippen MR) is 123 cm³/mol. The Morgan fingerprint density at radius 3 is 2.03 bits per heavy atom. The van der Waals surface area contributed by atoms with Crippen LogP contribution in [-0.2, 0) is 4.79 Å². The maximum atomic E-state index is 13.2. The average molecular weight is 433 g/mol. The van der Waals surface area contributed by atoms with E-state index >= 15 is 0 Å². The van der Waals surface area contributed by atoms with Gasteiger partial charge in [-0.15, -0.1) is 0 Å². The quantitative estimate of drug-likeness (QED) is 0.609. The molecular formula is C26H25ClN2O2. The average Bonchev–Trinajstić information content (AvgIpc) is 2.83. The number of amides is 2. The molecule has 1 fully saturated rings. The fourth-order valence-electron chi connectivity index (χ4n) is 4.06. The fourth-order valence-corrected chi connectivity index (χ4v) is 4.19. The number of carbonyl (C=O) groups is 2. The first kappa shape index (κ1) is 21.1. The number of rotatable bonds is 5. The molecule has 2 amide bonds. The smallest absolute Gasteiger partial charge is 0.253 e. The monoisotopic (exact) mass is 432 g/mol. The van der Waals surface area contributed by atoms with Crippen LogP contribution in [0, 0.1) is 5.92 Å². The molecule has 4 nitrogen and oxygen atoms in total. The highest BCUT2D eigenvalue weighted by atomic mass is 35.5. The molecule has 1 atom stereocenters. The Balaban J connectivity index is 1.48. The van der Waals surface area contributed by atoms with E-state index in [2.05, 4.69) is 5.32 Å². The number of nitrogens with zero attached hydrogens (tertiary/aromatic N) is 1. The van der Waals surface area contributed by atoms with Crippen LogP contribution < -0.4 is 5.32 Å². The van der Waals surface area contributed by atoms with E-state index in [-0.39, 0.29) is 23.8 Å². The van der Waals surface area contributed by atoms with Crippen LogP contribution in [0.5, 0.6) is 0 Å². The Bertz CT molecular complexity index is 983. The zero-order valence-electron chi connectivity index (χ0n) is 17.2. The van der Waals surface area contributed by atoms with Gasteiger partial charge >= 0.3 is 0 Å². The maximum absolute atomic E-state index is 13.2. The van der Waals surface area contributed by atoms with Gasteiger partial charge in [0.1, 0.15) is 0 Å². The molecule has 4 rings (SSSR count). The molecule has 0 aliphatic carbocycles. The van der Waals surface area contributed by atoms with Gasteiger partial charge in [0, 0.05) is 23.7 Å². The lowest BCUT2D eigenvalue weighted by Crippen LogP contribution is -2.46. The Hall–Kier alpha value is -3.11. The second kappa shape index (κ2) is 9.80. The SMILES string of the molecule is O=C(NC(c1ccccc1)c1ccccc1)[C@@H]1CCCN(C(=O)c2ccc(Cl)cc2)C1. The van der Waals surface area contributed by atoms with Crippen LogP contribution >= 0.6 is 11.6 Å². The normalized spacial score (nSPS) is 16.2. The van der Waals surface area contributed by atoms with Crippen molar-refractivity contribution in [3.8, 4) is 0 Å². The number of piperidine rings is 1. The molecule has 1 aliphatic heterocycles. The summed E-state index contributed by atoms with van der Waals surface area (Å²) >= 11 is 5.94. The third kappa shape index (κ3) is 5.15. The third-order valence-corrected chi connectivity index (χ3v) is 5.97. The minimum absolute atomic E-state index is 0.0219. The van der Waals surface area contributed by atoms with Crippen molar-refractivity contribution in [1.82, 2.24) is 10.2 Å². The molecule has 1 saturated heterocycles. The number of hydrogen-bond donors (Lipinski definition) is 1. The van der Waals surface area contributed by atoms with Crippen LogP contribution in [0.3, 0.4) is 0 Å². The van der Waals surface area contributed by atoms with Crippen molar-refractivity contribution in [3.05, 3.63) is 107 Å². The van der Waals surface area contributed by atoms with Gasteiger partial charge in [0.05, 0.1) is 12.0 Å². The van der Waals surface area contributed by atoms with E-state index < -0.39 is 0 Å². The second-order valence-corrected chi connectivity index (χ2v) is 8.30. The van der Waals surface area contributed by atoms with Crippen LogP contribution in [0.25, 0.3) is 0 Å². The molecule has 5 heteroatoms. The van der Waals surface area contributed by atoms with E-state index in [1.54, 1.807) is 29.2 Å². The lowest BCUT2D eigenvalue weighted by Gasteiger charge is -2.33. The number of likely N-dealkylation sites (tertiary alicyclic amines) is 1. The Labute approximate surface area is 187 Å². The Kier molecular flexibility index (Phi) is 6.68. The first-order valence-corrected chi connectivity index (χ1v) is 10.9. The van der Waals surface area contributed by atoms with Gasteiger partial charge in [-0.3, -0.25) is 9.59 Å². The van der Waals surface area contributed by atoms with Crippen molar-refractivity contribution < 1.29 is 9.59 Å². The van der Waals surface area contributed by atoms with Crippen LogP contribution in [0.2, 0.25) is 5.02 Å². The van der Waals surface area contributed by atoms with Crippen molar-refractivity contribution in [1.29, 1.82) is 0 Å². The van der Waals surface area contributed by atoms with E-state index in [1.807, 2.05) is 60.7 Å². The summed E-state index contributed by atoms with van der Waals surface area (Å²) in [5, 5.41) is 3.83. The van der Waals surface area contributed by atoms with Crippen molar-refractivity contribution in [3.63, 3.8) is 0 Å². The summed E-state index contributed by atoms with van der Waals surface area (Å²) < 4.78 is 0. The first-order valence-electron chi connectivity index (χ1n) is 10.6. The van der Waals surface area contributed by atoms with Gasteiger partial charge in [-0.25, -0.2) is 0 Å². The molecule has 0 radical (unpaired) electrons. The molecule has 0 spiro atoms. The van der Waals surface area contributed by atoms with Crippen molar-refractivity contribution >= 4 is 23.4 Å². The highest BCUT2D eigenvalue weighted by molar-refractivity contribution is 6.30. The molecule has 0 aromatic heterocycles. The van der Waals surface area contributed by atoms with Gasteiger partial charge in [-0.2, -0.15) is 0 Å². The van der Waals surface area contributed by atoms with Gasteiger partial charge in [0.25, 0.3) is 5.91 Å². The van der Waals surface area contributed by atoms with E-state index in [1.165, 1.54) is 0 Å². The number of carbonyl (C=O) groups excluding carboxylic acids is 2. The minimum Gasteiger partial charge on any atom is -0.345 e. The second-order valence-electron chi connectivity index (χ2n) is 7.86. The van der Waals surface area contributed by atoms with E-state index in [0.717, 1.165) is 24.0 Å². The Morgan fingerprint density at radius 1 is 0.871 bits per heavy atom. The standard InChI is InChI=1S/C26H25ClN2O2/c27-23-15-13-21(14-16-23)26(31)29-17-7-12-22(18-29)25(30)28-24(19-8-3-1-4-9-19)20-10-5-2-6-11-20/h1-6,8-11,13-16,22,24H,7,12,17-18H2,(H,28,30)/t22-/m1/s1. The number of benzene rings is 3. The highest BCUT2D eigenvalue weighted by Gasteiger charge is 2.30. The summed E-state index contributed by atoms with van der Waals surface area (Å²) in [6.45, 7) is 1.08. The molecule has 1 heterocycles. The van der Waals surface area contributed by atoms with Crippen molar-refractivity contribution in [2.45, 2.75) is 18.9 Å². The van der Waals surface area contributed by atoms with E-state index in [0.29, 0.717) is 23.7 Å². The summed E-state index contributed by atoms with van der Waals surface area (Å²) in [5.74, 6) is -0.317. The maximum Gasteiger partial charge on any atom is 0.253 e. The lowest BCUT2D eigenvalue weighted by atomic mass is 9.94. The van der Waals surface area contributed by atoms with Gasteiger partial charge in [0.2, 0.25) is 5.91 Å². The van der Waals surface area contributed by atoms with Crippen LogP contribution in [-0.4, -0.2) is 29.8 Å². The molecule has 3 aromatic rings. The molecule has 0 saturated carbocycles. The molecule has 31 heavy (non-hydrogen) atoms. The number of hydrogen-bond acceptors (Lipinski definition) is 2. The molecule has 0 unspecified atom stereocenters. The van der Waals surface area contributed by atoms with Crippen LogP contribution in [0.1, 0.15) is 40.4 Å². The highest BCUT2D eigenvalue weighted by Crippen LogP contribution is 2.25. The number of halogens is 1. The van der Waals surface area contributed by atoms with Gasteiger partial charge in [-0.05, 0) is 48.2 Å². The van der Waals surface area contributed by atoms with Crippen molar-refractivity contribution in [2.75, 3.05) is 13.1 Å². The molecule has 1 aliphatic rings. The van der Waals surface area contributed by atoms with E-state index in [9.17, 15) is 9.59 Å². The predicted octanol–water partition coefficient (Wildman–Crippen LogP) is 5.10. The van der Waals surface area contributed by atoms with Crippen molar-refractivity contribution in [2.24, 2.45) is 5.92 Å². The molecule has 3 aromatic carbocycles. The van der Waals surface area contributed by atoms with Gasteiger partial charge < -0.3 is 10.2 Å². The largest absolute Gasteiger partial charge is 0.345 e. The zero-order valence-corrected chi connectivity index (χ0v) is 18.0. The lowest BCUT2D eigenvalue weighted by molar-refractivity contribution is -0.126. The van der Waals surface area contributed by atoms with Gasteiger partial charge in [0.15, 0.2) is 0 Å². The molecule has 0 bridgehead atoms. The third-order valence-electron chi connectivity index (χ3n) is 5.72. The summed E-state index contributed by atoms with van der Waals surface area (Å²) in [6.07, 6.45) is 1.57. The molecular weight excluding hydrogens is 408 g/mol. The Morgan fingerprint density at radius 2 is 1.45 bits per heavy atom. The zero-order chi connectivity index (χ0) is 21.6. The number of nitrogens with one attached hydrogen (secondary N) is 1. The van der Waals surface area contributed by atoms with E-state index in [4.69, 9.17) is 11.6 Å².